The van der Waals surface area contributed by atoms with E-state index >= 15 is 0 Å². The quantitative estimate of drug-likeness (QED) is 0.625. The molecule has 0 saturated carbocycles. The minimum absolute atomic E-state index is 0.149. The summed E-state index contributed by atoms with van der Waals surface area (Å²) < 4.78 is 0. The Morgan fingerprint density at radius 2 is 1.94 bits per heavy atom. The van der Waals surface area contributed by atoms with Gasteiger partial charge in [0.05, 0.1) is 0 Å². The number of piperidine rings is 1. The highest BCUT2D eigenvalue weighted by molar-refractivity contribution is 7.98. The Hall–Kier alpha value is -0.670. The van der Waals surface area contributed by atoms with Gasteiger partial charge in [0, 0.05) is 29.4 Å². The SMILES string of the molecule is CSc1ccc(C(=O)N2CCC(CCl)CC2)cc1. The summed E-state index contributed by atoms with van der Waals surface area (Å²) in [5.41, 5.74) is 0.789. The molecular formula is C14H18ClNOS. The van der Waals surface area contributed by atoms with Crippen LogP contribution in [0.4, 0.5) is 0 Å². The molecule has 18 heavy (non-hydrogen) atoms. The molecule has 2 nitrogen and oxygen atoms in total. The van der Waals surface area contributed by atoms with Gasteiger partial charge in [0.1, 0.15) is 0 Å². The van der Waals surface area contributed by atoms with Gasteiger partial charge < -0.3 is 4.90 Å². The van der Waals surface area contributed by atoms with Gasteiger partial charge in [0.25, 0.3) is 5.91 Å². The van der Waals surface area contributed by atoms with E-state index in [-0.39, 0.29) is 5.91 Å². The van der Waals surface area contributed by atoms with E-state index in [1.165, 1.54) is 4.90 Å². The van der Waals surface area contributed by atoms with Crippen LogP contribution in [-0.4, -0.2) is 36.0 Å². The maximum absolute atomic E-state index is 12.3. The number of likely N-dealkylation sites (tertiary alicyclic amines) is 1. The normalized spacial score (nSPS) is 16.9. The lowest BCUT2D eigenvalue weighted by atomic mass is 9.98. The molecule has 1 aliphatic heterocycles. The monoisotopic (exact) mass is 283 g/mol. The average molecular weight is 284 g/mol. The highest BCUT2D eigenvalue weighted by Gasteiger charge is 2.22. The van der Waals surface area contributed by atoms with E-state index in [9.17, 15) is 4.79 Å². The third-order valence-electron chi connectivity index (χ3n) is 3.46. The van der Waals surface area contributed by atoms with Crippen LogP contribution < -0.4 is 0 Å². The molecule has 0 spiro atoms. The minimum atomic E-state index is 0.149. The first-order valence-corrected chi connectivity index (χ1v) is 8.00. The summed E-state index contributed by atoms with van der Waals surface area (Å²) in [5.74, 6) is 1.44. The first-order valence-electron chi connectivity index (χ1n) is 6.24. The van der Waals surface area contributed by atoms with Gasteiger partial charge in [0.15, 0.2) is 0 Å². The van der Waals surface area contributed by atoms with Crippen molar-refractivity contribution >= 4 is 29.3 Å². The Kier molecular flexibility index (Phi) is 4.95. The molecule has 0 radical (unpaired) electrons. The summed E-state index contributed by atoms with van der Waals surface area (Å²) in [5, 5.41) is 0. The van der Waals surface area contributed by atoms with Gasteiger partial charge in [-0.05, 0) is 49.3 Å². The van der Waals surface area contributed by atoms with Crippen LogP contribution in [0.3, 0.4) is 0 Å². The van der Waals surface area contributed by atoms with Gasteiger partial charge in [-0.25, -0.2) is 0 Å². The van der Waals surface area contributed by atoms with Crippen molar-refractivity contribution in [3.8, 4) is 0 Å². The number of thioether (sulfide) groups is 1. The van der Waals surface area contributed by atoms with Crippen molar-refractivity contribution < 1.29 is 4.79 Å². The average Bonchev–Trinajstić information content (AvgIpc) is 2.47. The van der Waals surface area contributed by atoms with E-state index in [0.29, 0.717) is 11.8 Å². The van der Waals surface area contributed by atoms with Gasteiger partial charge >= 0.3 is 0 Å². The zero-order valence-corrected chi connectivity index (χ0v) is 12.1. The number of rotatable bonds is 3. The maximum Gasteiger partial charge on any atom is 0.253 e. The second-order valence-electron chi connectivity index (χ2n) is 4.62. The number of carbonyl (C=O) groups is 1. The topological polar surface area (TPSA) is 20.3 Å². The lowest BCUT2D eigenvalue weighted by Crippen LogP contribution is -2.38. The van der Waals surface area contributed by atoms with Crippen LogP contribution in [0.2, 0.25) is 0 Å². The fourth-order valence-electron chi connectivity index (χ4n) is 2.21. The van der Waals surface area contributed by atoms with Crippen LogP contribution in [0, 0.1) is 5.92 Å². The molecule has 0 N–H and O–H groups in total. The number of hydrogen-bond acceptors (Lipinski definition) is 2. The first kappa shape index (κ1) is 13.8. The predicted molar refractivity (Wildman–Crippen MR) is 77.6 cm³/mol. The Bertz CT molecular complexity index is 399. The van der Waals surface area contributed by atoms with Gasteiger partial charge in [-0.1, -0.05) is 0 Å². The zero-order chi connectivity index (χ0) is 13.0. The van der Waals surface area contributed by atoms with E-state index in [2.05, 4.69) is 0 Å². The summed E-state index contributed by atoms with van der Waals surface area (Å²) in [6.45, 7) is 1.67. The van der Waals surface area contributed by atoms with Gasteiger partial charge in [-0.15, -0.1) is 23.4 Å². The number of halogens is 1. The van der Waals surface area contributed by atoms with Crippen LogP contribution in [0.5, 0.6) is 0 Å². The lowest BCUT2D eigenvalue weighted by Gasteiger charge is -2.31. The second-order valence-corrected chi connectivity index (χ2v) is 5.81. The van der Waals surface area contributed by atoms with Gasteiger partial charge in [-0.2, -0.15) is 0 Å². The van der Waals surface area contributed by atoms with Gasteiger partial charge in [-0.3, -0.25) is 4.79 Å². The summed E-state index contributed by atoms with van der Waals surface area (Å²) in [6.07, 6.45) is 4.09. The van der Waals surface area contributed by atoms with Gasteiger partial charge in [0.2, 0.25) is 0 Å². The van der Waals surface area contributed by atoms with Crippen LogP contribution >= 0.6 is 23.4 Å². The molecule has 2 rings (SSSR count). The molecule has 0 aliphatic carbocycles. The molecule has 1 aromatic carbocycles. The highest BCUT2D eigenvalue weighted by Crippen LogP contribution is 2.21. The summed E-state index contributed by atoms with van der Waals surface area (Å²) in [6, 6.07) is 7.84. The second kappa shape index (κ2) is 6.48. The first-order chi connectivity index (χ1) is 8.74. The largest absolute Gasteiger partial charge is 0.339 e. The molecule has 1 heterocycles. The fourth-order valence-corrected chi connectivity index (χ4v) is 2.92. The van der Waals surface area contributed by atoms with E-state index in [4.69, 9.17) is 11.6 Å². The fraction of sp³-hybridized carbons (Fsp3) is 0.500. The van der Waals surface area contributed by atoms with Crippen molar-refractivity contribution in [1.29, 1.82) is 0 Å². The van der Waals surface area contributed by atoms with E-state index in [1.807, 2.05) is 35.4 Å². The molecule has 1 aromatic rings. The number of hydrogen-bond donors (Lipinski definition) is 0. The summed E-state index contributed by atoms with van der Waals surface area (Å²) in [7, 11) is 0. The van der Waals surface area contributed by atoms with Crippen LogP contribution in [-0.2, 0) is 0 Å². The molecule has 4 heteroatoms. The number of nitrogens with zero attached hydrogens (tertiary/aromatic N) is 1. The Morgan fingerprint density at radius 3 is 2.44 bits per heavy atom. The van der Waals surface area contributed by atoms with Crippen molar-refractivity contribution in [3.63, 3.8) is 0 Å². The van der Waals surface area contributed by atoms with Crippen LogP contribution in [0.25, 0.3) is 0 Å². The van der Waals surface area contributed by atoms with Crippen molar-refractivity contribution in [2.24, 2.45) is 5.92 Å². The number of carbonyl (C=O) groups excluding carboxylic acids is 1. The molecule has 98 valence electrons. The van der Waals surface area contributed by atoms with E-state index in [1.54, 1.807) is 11.8 Å². The number of alkyl halides is 1. The smallest absolute Gasteiger partial charge is 0.253 e. The number of amides is 1. The third-order valence-corrected chi connectivity index (χ3v) is 4.64. The van der Waals surface area contributed by atoms with Crippen LogP contribution in [0.15, 0.2) is 29.2 Å². The standard InChI is InChI=1S/C14H18ClNOS/c1-18-13-4-2-12(3-5-13)14(17)16-8-6-11(10-15)7-9-16/h2-5,11H,6-10H2,1H3. The Morgan fingerprint density at radius 1 is 1.33 bits per heavy atom. The van der Waals surface area contributed by atoms with Crippen molar-refractivity contribution in [1.82, 2.24) is 4.90 Å². The Labute approximate surface area is 118 Å². The van der Waals surface area contributed by atoms with Crippen molar-refractivity contribution in [3.05, 3.63) is 29.8 Å². The predicted octanol–water partition coefficient (Wildman–Crippen LogP) is 3.50. The van der Waals surface area contributed by atoms with Crippen molar-refractivity contribution in [2.45, 2.75) is 17.7 Å². The van der Waals surface area contributed by atoms with E-state index < -0.39 is 0 Å². The Balaban J connectivity index is 1.98. The molecule has 0 atom stereocenters. The van der Waals surface area contributed by atoms with E-state index in [0.717, 1.165) is 31.5 Å². The highest BCUT2D eigenvalue weighted by atomic mass is 35.5. The minimum Gasteiger partial charge on any atom is -0.339 e. The molecular weight excluding hydrogens is 266 g/mol. The summed E-state index contributed by atoms with van der Waals surface area (Å²) in [4.78, 5) is 15.4. The number of benzene rings is 1. The molecule has 1 saturated heterocycles. The molecule has 1 aliphatic rings. The molecule has 0 bridgehead atoms. The zero-order valence-electron chi connectivity index (χ0n) is 10.6. The van der Waals surface area contributed by atoms with Crippen LogP contribution in [0.1, 0.15) is 23.2 Å². The molecule has 0 aromatic heterocycles. The maximum atomic E-state index is 12.3. The lowest BCUT2D eigenvalue weighted by molar-refractivity contribution is 0.0698. The third kappa shape index (κ3) is 3.21. The molecule has 0 unspecified atom stereocenters. The summed E-state index contributed by atoms with van der Waals surface area (Å²) >= 11 is 7.54. The molecule has 1 amide bonds. The van der Waals surface area contributed by atoms with Crippen molar-refractivity contribution in [2.75, 3.05) is 25.2 Å². The molecule has 1 fully saturated rings.